The van der Waals surface area contributed by atoms with Crippen LogP contribution in [0.1, 0.15) is 24.5 Å². The first-order chi connectivity index (χ1) is 6.93. The van der Waals surface area contributed by atoms with Crippen molar-refractivity contribution >= 4 is 0 Å². The van der Waals surface area contributed by atoms with Gasteiger partial charge in [0.25, 0.3) is 0 Å². The molecule has 3 nitrogen and oxygen atoms in total. The van der Waals surface area contributed by atoms with E-state index in [0.29, 0.717) is 5.92 Å². The van der Waals surface area contributed by atoms with Crippen LogP contribution in [0.25, 0.3) is 11.5 Å². The van der Waals surface area contributed by atoms with Crippen molar-refractivity contribution in [3.8, 4) is 11.5 Å². The van der Waals surface area contributed by atoms with Gasteiger partial charge in [0.1, 0.15) is 5.69 Å². The number of nitrogens with zero attached hydrogens (tertiary/aromatic N) is 2. The molecular weight excluding hydrogens is 174 g/mol. The maximum Gasteiger partial charge on any atom is 0.156 e. The Morgan fingerprint density at radius 2 is 2.21 bits per heavy atom. The molecule has 0 amide bonds. The average molecular weight is 185 g/mol. The van der Waals surface area contributed by atoms with Crippen LogP contribution in [0, 0.1) is 0 Å². The van der Waals surface area contributed by atoms with Gasteiger partial charge in [0.05, 0.1) is 5.69 Å². The van der Waals surface area contributed by atoms with Gasteiger partial charge in [-0.2, -0.15) is 0 Å². The standard InChI is InChI=1S/C11H11N3/c1-2-6-12-9(3-1)11-13-7-10(14-11)8-4-5-8/h1-3,6-8H,4-5H2,(H,13,14). The molecule has 0 radical (unpaired) electrons. The quantitative estimate of drug-likeness (QED) is 0.780. The summed E-state index contributed by atoms with van der Waals surface area (Å²) in [6.45, 7) is 0. The fraction of sp³-hybridized carbons (Fsp3) is 0.273. The molecule has 3 rings (SSSR count). The van der Waals surface area contributed by atoms with E-state index >= 15 is 0 Å². The van der Waals surface area contributed by atoms with E-state index in [9.17, 15) is 0 Å². The molecule has 2 aromatic rings. The second kappa shape index (κ2) is 2.94. The van der Waals surface area contributed by atoms with E-state index in [2.05, 4.69) is 15.0 Å². The highest BCUT2D eigenvalue weighted by atomic mass is 14.9. The van der Waals surface area contributed by atoms with Crippen LogP contribution < -0.4 is 0 Å². The predicted molar refractivity (Wildman–Crippen MR) is 53.8 cm³/mol. The Kier molecular flexibility index (Phi) is 1.63. The van der Waals surface area contributed by atoms with Crippen molar-refractivity contribution in [1.29, 1.82) is 0 Å². The fourth-order valence-electron chi connectivity index (χ4n) is 1.56. The van der Waals surface area contributed by atoms with Crippen molar-refractivity contribution in [2.45, 2.75) is 18.8 Å². The summed E-state index contributed by atoms with van der Waals surface area (Å²) < 4.78 is 0. The third-order valence-electron chi connectivity index (χ3n) is 2.50. The molecule has 0 bridgehead atoms. The lowest BCUT2D eigenvalue weighted by Crippen LogP contribution is -1.84. The third-order valence-corrected chi connectivity index (χ3v) is 2.50. The molecule has 1 fully saturated rings. The number of rotatable bonds is 2. The summed E-state index contributed by atoms with van der Waals surface area (Å²) in [6, 6.07) is 5.85. The van der Waals surface area contributed by atoms with E-state index in [4.69, 9.17) is 0 Å². The third kappa shape index (κ3) is 1.31. The lowest BCUT2D eigenvalue weighted by Gasteiger charge is -1.92. The smallest absolute Gasteiger partial charge is 0.156 e. The summed E-state index contributed by atoms with van der Waals surface area (Å²) in [5.74, 6) is 1.58. The van der Waals surface area contributed by atoms with Gasteiger partial charge in [0.15, 0.2) is 5.82 Å². The molecule has 1 aliphatic rings. The molecule has 2 heterocycles. The van der Waals surface area contributed by atoms with Gasteiger partial charge in [-0.15, -0.1) is 0 Å². The Hall–Kier alpha value is -1.64. The van der Waals surface area contributed by atoms with Gasteiger partial charge >= 0.3 is 0 Å². The number of aromatic amines is 1. The van der Waals surface area contributed by atoms with Gasteiger partial charge in [-0.05, 0) is 25.0 Å². The summed E-state index contributed by atoms with van der Waals surface area (Å²) in [4.78, 5) is 11.9. The van der Waals surface area contributed by atoms with Gasteiger partial charge in [-0.25, -0.2) is 4.98 Å². The van der Waals surface area contributed by atoms with Crippen LogP contribution in [0.15, 0.2) is 30.6 Å². The van der Waals surface area contributed by atoms with Crippen molar-refractivity contribution in [2.24, 2.45) is 0 Å². The topological polar surface area (TPSA) is 41.6 Å². The summed E-state index contributed by atoms with van der Waals surface area (Å²) in [6.07, 6.45) is 6.36. The van der Waals surface area contributed by atoms with Crippen LogP contribution in [0.2, 0.25) is 0 Å². The van der Waals surface area contributed by atoms with Crippen molar-refractivity contribution in [1.82, 2.24) is 15.0 Å². The normalized spacial score (nSPS) is 15.7. The summed E-state index contributed by atoms with van der Waals surface area (Å²) >= 11 is 0. The minimum absolute atomic E-state index is 0.698. The molecular formula is C11H11N3. The van der Waals surface area contributed by atoms with Crippen LogP contribution in [-0.2, 0) is 0 Å². The van der Waals surface area contributed by atoms with Crippen molar-refractivity contribution < 1.29 is 0 Å². The zero-order chi connectivity index (χ0) is 9.38. The van der Waals surface area contributed by atoms with E-state index in [0.717, 1.165) is 11.5 Å². The van der Waals surface area contributed by atoms with E-state index in [1.165, 1.54) is 18.5 Å². The molecule has 2 aromatic heterocycles. The Balaban J connectivity index is 1.96. The largest absolute Gasteiger partial charge is 0.343 e. The van der Waals surface area contributed by atoms with Gasteiger partial charge in [0.2, 0.25) is 0 Å². The fourth-order valence-corrected chi connectivity index (χ4v) is 1.56. The Bertz CT molecular complexity index is 429. The Morgan fingerprint density at radius 1 is 1.29 bits per heavy atom. The maximum absolute atomic E-state index is 4.52. The second-order valence-electron chi connectivity index (χ2n) is 3.66. The monoisotopic (exact) mass is 185 g/mol. The number of hydrogen-bond acceptors (Lipinski definition) is 2. The highest BCUT2D eigenvalue weighted by Gasteiger charge is 2.26. The number of H-pyrrole nitrogens is 1. The molecule has 70 valence electrons. The lowest BCUT2D eigenvalue weighted by atomic mass is 10.3. The number of aromatic nitrogens is 3. The van der Waals surface area contributed by atoms with Crippen LogP contribution >= 0.6 is 0 Å². The van der Waals surface area contributed by atoms with Gasteiger partial charge < -0.3 is 4.98 Å². The molecule has 0 aliphatic heterocycles. The summed E-state index contributed by atoms with van der Waals surface area (Å²) in [7, 11) is 0. The van der Waals surface area contributed by atoms with Crippen LogP contribution in [0.3, 0.4) is 0 Å². The van der Waals surface area contributed by atoms with Crippen LogP contribution in [0.5, 0.6) is 0 Å². The Labute approximate surface area is 82.2 Å². The Morgan fingerprint density at radius 3 is 2.93 bits per heavy atom. The predicted octanol–water partition coefficient (Wildman–Crippen LogP) is 2.35. The van der Waals surface area contributed by atoms with Gasteiger partial charge in [-0.1, -0.05) is 6.07 Å². The van der Waals surface area contributed by atoms with E-state index in [-0.39, 0.29) is 0 Å². The molecule has 0 atom stereocenters. The zero-order valence-corrected chi connectivity index (χ0v) is 7.77. The summed E-state index contributed by atoms with van der Waals surface area (Å²) in [5.41, 5.74) is 2.10. The zero-order valence-electron chi connectivity index (χ0n) is 7.77. The first kappa shape index (κ1) is 7.74. The molecule has 0 unspecified atom stereocenters. The number of nitrogens with one attached hydrogen (secondary N) is 1. The molecule has 1 aliphatic carbocycles. The molecule has 0 spiro atoms. The minimum Gasteiger partial charge on any atom is -0.343 e. The average Bonchev–Trinajstić information content (AvgIpc) is 2.98. The van der Waals surface area contributed by atoms with Gasteiger partial charge in [-0.3, -0.25) is 4.98 Å². The molecule has 3 heteroatoms. The lowest BCUT2D eigenvalue weighted by molar-refractivity contribution is 1.05. The van der Waals surface area contributed by atoms with Gasteiger partial charge in [0, 0.05) is 18.3 Å². The molecule has 1 N–H and O–H groups in total. The number of imidazole rings is 1. The first-order valence-corrected chi connectivity index (χ1v) is 4.90. The van der Waals surface area contributed by atoms with Crippen molar-refractivity contribution in [3.05, 3.63) is 36.3 Å². The highest BCUT2D eigenvalue weighted by molar-refractivity contribution is 5.49. The van der Waals surface area contributed by atoms with E-state index < -0.39 is 0 Å². The maximum atomic E-state index is 4.52. The van der Waals surface area contributed by atoms with E-state index in [1.807, 2.05) is 24.4 Å². The highest BCUT2D eigenvalue weighted by Crippen LogP contribution is 2.39. The summed E-state index contributed by atoms with van der Waals surface area (Å²) in [5, 5.41) is 0. The van der Waals surface area contributed by atoms with Crippen molar-refractivity contribution in [2.75, 3.05) is 0 Å². The second-order valence-corrected chi connectivity index (χ2v) is 3.66. The van der Waals surface area contributed by atoms with Crippen molar-refractivity contribution in [3.63, 3.8) is 0 Å². The molecule has 0 aromatic carbocycles. The SMILES string of the molecule is c1ccc(-c2nc(C3CC3)c[nH]2)nc1. The number of hydrogen-bond donors (Lipinski definition) is 1. The van der Waals surface area contributed by atoms with E-state index in [1.54, 1.807) is 6.20 Å². The molecule has 1 saturated carbocycles. The molecule has 0 saturated heterocycles. The first-order valence-electron chi connectivity index (χ1n) is 4.90. The number of pyridine rings is 1. The van der Waals surface area contributed by atoms with Crippen LogP contribution in [0.4, 0.5) is 0 Å². The van der Waals surface area contributed by atoms with Crippen LogP contribution in [-0.4, -0.2) is 15.0 Å². The molecule has 14 heavy (non-hydrogen) atoms. The minimum atomic E-state index is 0.698.